The molecule has 0 bridgehead atoms. The van der Waals surface area contributed by atoms with Crippen molar-refractivity contribution in [1.29, 1.82) is 0 Å². The van der Waals surface area contributed by atoms with E-state index in [1.54, 1.807) is 0 Å². The lowest BCUT2D eigenvalue weighted by molar-refractivity contribution is -0.0328. The van der Waals surface area contributed by atoms with Gasteiger partial charge in [-0.3, -0.25) is 4.79 Å². The van der Waals surface area contributed by atoms with Crippen LogP contribution in [-0.2, 0) is 6.54 Å². The second-order valence-electron chi connectivity index (χ2n) is 3.02. The lowest BCUT2D eigenvalue weighted by Gasteiger charge is -2.07. The van der Waals surface area contributed by atoms with Gasteiger partial charge in [-0.25, -0.2) is 4.79 Å². The predicted molar refractivity (Wildman–Crippen MR) is 56.2 cm³/mol. The molecule has 17 heavy (non-hydrogen) atoms. The van der Waals surface area contributed by atoms with E-state index in [0.29, 0.717) is 0 Å². The first-order valence-corrected chi connectivity index (χ1v) is 5.43. The molecule has 1 N–H and O–H groups in total. The van der Waals surface area contributed by atoms with Crippen LogP contribution in [0.25, 0.3) is 0 Å². The minimum atomic E-state index is -4.35. The van der Waals surface area contributed by atoms with Crippen molar-refractivity contribution in [3.63, 3.8) is 0 Å². The van der Waals surface area contributed by atoms with Gasteiger partial charge in [0, 0.05) is 18.5 Å². The van der Waals surface area contributed by atoms with E-state index in [1.165, 1.54) is 12.3 Å². The molecule has 0 aliphatic rings. The van der Waals surface area contributed by atoms with E-state index in [4.69, 9.17) is 5.11 Å². The Hall–Kier alpha value is -1.44. The average Bonchev–Trinajstić information content (AvgIpc) is 2.18. The standard InChI is InChI=1S/C9H8F3NO3S/c10-9(11,12)17-5-4-13-3-1-2-6(7(13)14)8(15)16/h1-3H,4-5H2,(H,15,16). The number of hydrogen-bond acceptors (Lipinski definition) is 3. The van der Waals surface area contributed by atoms with Crippen molar-refractivity contribution in [2.75, 3.05) is 5.75 Å². The second kappa shape index (κ2) is 5.26. The Morgan fingerprint density at radius 3 is 2.65 bits per heavy atom. The van der Waals surface area contributed by atoms with Crippen LogP contribution in [0.4, 0.5) is 13.2 Å². The number of thioether (sulfide) groups is 1. The Kier molecular flexibility index (Phi) is 4.22. The van der Waals surface area contributed by atoms with Gasteiger partial charge in [-0.2, -0.15) is 13.2 Å². The highest BCUT2D eigenvalue weighted by atomic mass is 32.2. The van der Waals surface area contributed by atoms with Gasteiger partial charge in [-0.05, 0) is 23.9 Å². The SMILES string of the molecule is O=C(O)c1cccn(CCSC(F)(F)F)c1=O. The van der Waals surface area contributed by atoms with Crippen LogP contribution in [0.1, 0.15) is 10.4 Å². The Morgan fingerprint density at radius 1 is 1.47 bits per heavy atom. The molecule has 0 radical (unpaired) electrons. The molecule has 0 fully saturated rings. The molecule has 1 heterocycles. The van der Waals surface area contributed by atoms with Crippen molar-refractivity contribution in [3.05, 3.63) is 34.2 Å². The summed E-state index contributed by atoms with van der Waals surface area (Å²) in [6, 6.07) is 2.42. The van der Waals surface area contributed by atoms with Gasteiger partial charge in [0.15, 0.2) is 0 Å². The highest BCUT2D eigenvalue weighted by Crippen LogP contribution is 2.29. The molecule has 0 spiro atoms. The molecule has 1 aromatic rings. The Morgan fingerprint density at radius 2 is 2.12 bits per heavy atom. The zero-order valence-electron chi connectivity index (χ0n) is 8.40. The number of aromatic carboxylic acids is 1. The number of aryl methyl sites for hydroxylation is 1. The van der Waals surface area contributed by atoms with Gasteiger partial charge >= 0.3 is 11.5 Å². The summed E-state index contributed by atoms with van der Waals surface area (Å²) in [5.74, 6) is -1.74. The third-order valence-electron chi connectivity index (χ3n) is 1.85. The molecule has 0 saturated heterocycles. The zero-order valence-corrected chi connectivity index (χ0v) is 9.22. The van der Waals surface area contributed by atoms with Crippen LogP contribution in [0.15, 0.2) is 23.1 Å². The molecular weight excluding hydrogens is 259 g/mol. The lowest BCUT2D eigenvalue weighted by Crippen LogP contribution is -2.26. The molecular formula is C9H8F3NO3S. The highest BCUT2D eigenvalue weighted by molar-refractivity contribution is 8.00. The van der Waals surface area contributed by atoms with Crippen molar-refractivity contribution in [2.45, 2.75) is 12.1 Å². The lowest BCUT2D eigenvalue weighted by atomic mass is 10.3. The van der Waals surface area contributed by atoms with E-state index in [0.717, 1.165) is 10.6 Å². The fourth-order valence-corrected chi connectivity index (χ4v) is 1.65. The van der Waals surface area contributed by atoms with Gasteiger partial charge in [0.05, 0.1) is 0 Å². The molecule has 1 aromatic heterocycles. The third kappa shape index (κ3) is 4.14. The molecule has 0 aliphatic heterocycles. The average molecular weight is 267 g/mol. The molecule has 94 valence electrons. The van der Waals surface area contributed by atoms with E-state index in [-0.39, 0.29) is 24.1 Å². The van der Waals surface area contributed by atoms with Crippen LogP contribution in [0.3, 0.4) is 0 Å². The zero-order chi connectivity index (χ0) is 13.1. The van der Waals surface area contributed by atoms with Crippen molar-refractivity contribution in [1.82, 2.24) is 4.57 Å². The topological polar surface area (TPSA) is 59.3 Å². The summed E-state index contributed by atoms with van der Waals surface area (Å²) < 4.78 is 36.5. The number of halogens is 3. The van der Waals surface area contributed by atoms with Crippen LogP contribution >= 0.6 is 11.8 Å². The number of pyridine rings is 1. The summed E-state index contributed by atoms with van der Waals surface area (Å²) in [6.07, 6.45) is 1.26. The summed E-state index contributed by atoms with van der Waals surface area (Å²) >= 11 is -0.256. The molecule has 0 aromatic carbocycles. The minimum absolute atomic E-state index is 0.190. The largest absolute Gasteiger partial charge is 0.477 e. The van der Waals surface area contributed by atoms with E-state index in [1.807, 2.05) is 0 Å². The summed E-state index contributed by atoms with van der Waals surface area (Å²) in [5, 5.41) is 8.65. The predicted octanol–water partition coefficient (Wildman–Crippen LogP) is 1.80. The fourth-order valence-electron chi connectivity index (χ4n) is 1.14. The monoisotopic (exact) mass is 267 g/mol. The molecule has 4 nitrogen and oxygen atoms in total. The van der Waals surface area contributed by atoms with Gasteiger partial charge in [-0.1, -0.05) is 0 Å². The number of carbonyl (C=O) groups is 1. The van der Waals surface area contributed by atoms with Gasteiger partial charge in [0.1, 0.15) is 5.56 Å². The van der Waals surface area contributed by atoms with Crippen molar-refractivity contribution < 1.29 is 23.1 Å². The van der Waals surface area contributed by atoms with Crippen LogP contribution < -0.4 is 5.56 Å². The molecule has 0 saturated carbocycles. The first kappa shape index (κ1) is 13.6. The van der Waals surface area contributed by atoms with E-state index >= 15 is 0 Å². The molecule has 0 atom stereocenters. The Balaban J connectivity index is 2.76. The van der Waals surface area contributed by atoms with Crippen LogP contribution in [0, 0.1) is 0 Å². The number of nitrogens with zero attached hydrogens (tertiary/aromatic N) is 1. The molecule has 0 unspecified atom stereocenters. The van der Waals surface area contributed by atoms with Crippen molar-refractivity contribution in [2.24, 2.45) is 0 Å². The summed E-state index contributed by atoms with van der Waals surface area (Å²) in [5.41, 5.74) is -5.61. The minimum Gasteiger partial charge on any atom is -0.477 e. The quantitative estimate of drug-likeness (QED) is 0.903. The fraction of sp³-hybridized carbons (Fsp3) is 0.333. The Labute approximate surface area is 98.1 Å². The van der Waals surface area contributed by atoms with Crippen molar-refractivity contribution in [3.8, 4) is 0 Å². The van der Waals surface area contributed by atoms with Gasteiger partial charge < -0.3 is 9.67 Å². The van der Waals surface area contributed by atoms with Gasteiger partial charge in [0.25, 0.3) is 5.56 Å². The molecule has 0 aliphatic carbocycles. The number of alkyl halides is 3. The smallest absolute Gasteiger partial charge is 0.441 e. The maximum atomic E-state index is 11.8. The number of aromatic nitrogens is 1. The number of rotatable bonds is 4. The maximum Gasteiger partial charge on any atom is 0.441 e. The van der Waals surface area contributed by atoms with E-state index in [2.05, 4.69) is 0 Å². The van der Waals surface area contributed by atoms with Crippen LogP contribution in [-0.4, -0.2) is 26.9 Å². The summed E-state index contributed by atoms with van der Waals surface area (Å²) in [4.78, 5) is 22.1. The summed E-state index contributed by atoms with van der Waals surface area (Å²) in [7, 11) is 0. The third-order valence-corrected chi connectivity index (χ3v) is 2.56. The Bertz CT molecular complexity index is 469. The number of carboxylic acids is 1. The first-order valence-electron chi connectivity index (χ1n) is 4.44. The van der Waals surface area contributed by atoms with E-state index < -0.39 is 22.6 Å². The number of hydrogen-bond donors (Lipinski definition) is 1. The maximum absolute atomic E-state index is 11.8. The second-order valence-corrected chi connectivity index (χ2v) is 4.18. The van der Waals surface area contributed by atoms with E-state index in [9.17, 15) is 22.8 Å². The number of carboxylic acid groups (broad SMARTS) is 1. The molecule has 1 rings (SSSR count). The normalized spacial score (nSPS) is 11.5. The highest BCUT2D eigenvalue weighted by Gasteiger charge is 2.27. The van der Waals surface area contributed by atoms with Crippen LogP contribution in [0.2, 0.25) is 0 Å². The van der Waals surface area contributed by atoms with Crippen molar-refractivity contribution >= 4 is 17.7 Å². The van der Waals surface area contributed by atoms with Crippen LogP contribution in [0.5, 0.6) is 0 Å². The summed E-state index contributed by atoms with van der Waals surface area (Å²) in [6.45, 7) is -0.190. The first-order chi connectivity index (χ1) is 7.81. The molecule has 8 heteroatoms. The van der Waals surface area contributed by atoms with Gasteiger partial charge in [-0.15, -0.1) is 0 Å². The van der Waals surface area contributed by atoms with Gasteiger partial charge in [0.2, 0.25) is 0 Å². The molecule has 0 amide bonds.